The number of carbonyl (C=O) groups excluding carboxylic acids is 1. The first-order valence-electron chi connectivity index (χ1n) is 10.7. The number of amides is 1. The van der Waals surface area contributed by atoms with Gasteiger partial charge in [0.15, 0.2) is 6.10 Å². The van der Waals surface area contributed by atoms with E-state index >= 15 is 0 Å². The highest BCUT2D eigenvalue weighted by atomic mass is 32.2. The van der Waals surface area contributed by atoms with E-state index in [9.17, 15) is 13.2 Å². The van der Waals surface area contributed by atoms with Gasteiger partial charge in [-0.05, 0) is 57.5 Å². The maximum absolute atomic E-state index is 13.1. The molecule has 1 amide bonds. The number of hydrogen-bond acceptors (Lipinski definition) is 5. The summed E-state index contributed by atoms with van der Waals surface area (Å²) in [7, 11) is -1.86. The molecule has 1 aliphatic rings. The van der Waals surface area contributed by atoms with Crippen LogP contribution in [-0.4, -0.2) is 39.3 Å². The van der Waals surface area contributed by atoms with Crippen LogP contribution in [0, 0.1) is 6.92 Å². The average molecular weight is 461 g/mol. The fraction of sp³-hybridized carbons (Fsp3) is 0.458. The molecule has 174 valence electrons. The lowest BCUT2D eigenvalue weighted by Crippen LogP contribution is -2.45. The van der Waals surface area contributed by atoms with Gasteiger partial charge in [-0.2, -0.15) is 0 Å². The van der Waals surface area contributed by atoms with Gasteiger partial charge in [-0.25, -0.2) is 8.42 Å². The number of sulfonamides is 1. The SMILES string of the molecule is CCC(Oc1ccc(N(C)S(C)(=O)=O)cc1)C(=O)NC1CC(C)(C)Oc2ccc(C)cc21. The van der Waals surface area contributed by atoms with Crippen LogP contribution >= 0.6 is 0 Å². The Labute approximate surface area is 190 Å². The molecule has 1 aliphatic heterocycles. The number of hydrogen-bond donors (Lipinski definition) is 1. The van der Waals surface area contributed by atoms with E-state index in [1.165, 1.54) is 11.4 Å². The molecule has 0 fully saturated rings. The third kappa shape index (κ3) is 5.54. The molecular formula is C24H32N2O5S. The second kappa shape index (κ2) is 9.02. The van der Waals surface area contributed by atoms with E-state index in [1.807, 2.05) is 45.9 Å². The summed E-state index contributed by atoms with van der Waals surface area (Å²) in [5.74, 6) is 1.10. The summed E-state index contributed by atoms with van der Waals surface area (Å²) in [6.45, 7) is 7.93. The molecule has 32 heavy (non-hydrogen) atoms. The molecule has 0 aromatic heterocycles. The smallest absolute Gasteiger partial charge is 0.261 e. The number of carbonyl (C=O) groups is 1. The van der Waals surface area contributed by atoms with Crippen molar-refractivity contribution in [1.82, 2.24) is 5.32 Å². The molecule has 1 heterocycles. The maximum Gasteiger partial charge on any atom is 0.261 e. The fourth-order valence-electron chi connectivity index (χ4n) is 3.78. The highest BCUT2D eigenvalue weighted by molar-refractivity contribution is 7.92. The summed E-state index contributed by atoms with van der Waals surface area (Å²) >= 11 is 0. The van der Waals surface area contributed by atoms with Crippen molar-refractivity contribution in [2.75, 3.05) is 17.6 Å². The molecule has 2 atom stereocenters. The van der Waals surface area contributed by atoms with Gasteiger partial charge >= 0.3 is 0 Å². The molecular weight excluding hydrogens is 428 g/mol. The molecule has 3 rings (SSSR count). The minimum atomic E-state index is -3.35. The second-order valence-electron chi connectivity index (χ2n) is 8.91. The quantitative estimate of drug-likeness (QED) is 0.676. The largest absolute Gasteiger partial charge is 0.487 e. The molecule has 2 aromatic rings. The number of anilines is 1. The highest BCUT2D eigenvalue weighted by Crippen LogP contribution is 2.40. The summed E-state index contributed by atoms with van der Waals surface area (Å²) in [5.41, 5.74) is 2.20. The van der Waals surface area contributed by atoms with Gasteiger partial charge in [0.1, 0.15) is 17.1 Å². The minimum absolute atomic E-state index is 0.176. The van der Waals surface area contributed by atoms with Gasteiger partial charge in [-0.1, -0.05) is 24.6 Å². The van der Waals surface area contributed by atoms with Crippen LogP contribution in [-0.2, 0) is 14.8 Å². The van der Waals surface area contributed by atoms with Gasteiger partial charge in [0.2, 0.25) is 10.0 Å². The standard InChI is InChI=1S/C24H32N2O5S/c1-7-21(30-18-11-9-17(10-12-18)26(5)32(6,28)29)23(27)25-20-15-24(3,4)31-22-13-8-16(2)14-19(20)22/h8-14,20-21H,7,15H2,1-6H3,(H,25,27). The van der Waals surface area contributed by atoms with Crippen molar-refractivity contribution in [1.29, 1.82) is 0 Å². The molecule has 0 saturated carbocycles. The molecule has 8 heteroatoms. The Morgan fingerprint density at radius 1 is 1.25 bits per heavy atom. The Hall–Kier alpha value is -2.74. The lowest BCUT2D eigenvalue weighted by molar-refractivity contribution is -0.129. The maximum atomic E-state index is 13.1. The molecule has 0 radical (unpaired) electrons. The topological polar surface area (TPSA) is 84.9 Å². The number of benzene rings is 2. The van der Waals surface area contributed by atoms with Gasteiger partial charge in [0, 0.05) is 19.0 Å². The number of aryl methyl sites for hydroxylation is 1. The zero-order valence-electron chi connectivity index (χ0n) is 19.5. The van der Waals surface area contributed by atoms with Crippen LogP contribution in [0.4, 0.5) is 5.69 Å². The van der Waals surface area contributed by atoms with Gasteiger partial charge in [-0.3, -0.25) is 9.10 Å². The summed E-state index contributed by atoms with van der Waals surface area (Å²) in [6, 6.07) is 12.5. The Bertz CT molecular complexity index is 1080. The number of fused-ring (bicyclic) bond motifs is 1. The van der Waals surface area contributed by atoms with Crippen LogP contribution in [0.5, 0.6) is 11.5 Å². The molecule has 1 N–H and O–H groups in total. The zero-order chi connectivity index (χ0) is 23.7. The van der Waals surface area contributed by atoms with E-state index in [0.29, 0.717) is 24.3 Å². The van der Waals surface area contributed by atoms with Gasteiger partial charge < -0.3 is 14.8 Å². The number of nitrogens with one attached hydrogen (secondary N) is 1. The van der Waals surface area contributed by atoms with E-state index in [4.69, 9.17) is 9.47 Å². The number of rotatable bonds is 7. The van der Waals surface area contributed by atoms with Gasteiger partial charge in [-0.15, -0.1) is 0 Å². The lowest BCUT2D eigenvalue weighted by atomic mass is 9.88. The Kier molecular flexibility index (Phi) is 6.74. The number of ether oxygens (including phenoxy) is 2. The summed E-state index contributed by atoms with van der Waals surface area (Å²) in [4.78, 5) is 13.1. The monoisotopic (exact) mass is 460 g/mol. The van der Waals surface area contributed by atoms with Crippen molar-refractivity contribution >= 4 is 21.6 Å². The highest BCUT2D eigenvalue weighted by Gasteiger charge is 2.35. The molecule has 2 aromatic carbocycles. The number of nitrogens with zero attached hydrogens (tertiary/aromatic N) is 1. The van der Waals surface area contributed by atoms with Crippen LogP contribution in [0.25, 0.3) is 0 Å². The molecule has 2 unspecified atom stereocenters. The zero-order valence-corrected chi connectivity index (χ0v) is 20.3. The van der Waals surface area contributed by atoms with E-state index in [2.05, 4.69) is 5.32 Å². The molecule has 0 saturated heterocycles. The van der Waals surface area contributed by atoms with Gasteiger partial charge in [0.25, 0.3) is 5.91 Å². The van der Waals surface area contributed by atoms with Crippen LogP contribution in [0.15, 0.2) is 42.5 Å². The third-order valence-corrected chi connectivity index (χ3v) is 6.78. The van der Waals surface area contributed by atoms with Crippen molar-refractivity contribution in [3.8, 4) is 11.5 Å². The summed E-state index contributed by atoms with van der Waals surface area (Å²) in [5, 5.41) is 3.15. The molecule has 7 nitrogen and oxygen atoms in total. The minimum Gasteiger partial charge on any atom is -0.487 e. The Morgan fingerprint density at radius 3 is 2.50 bits per heavy atom. The first kappa shape index (κ1) is 23.9. The van der Waals surface area contributed by atoms with Gasteiger partial charge in [0.05, 0.1) is 18.0 Å². The Morgan fingerprint density at radius 2 is 1.91 bits per heavy atom. The van der Waals surface area contributed by atoms with Crippen LogP contribution in [0.1, 0.15) is 50.8 Å². The van der Waals surface area contributed by atoms with Crippen molar-refractivity contribution in [3.05, 3.63) is 53.6 Å². The third-order valence-electron chi connectivity index (χ3n) is 5.58. The van der Waals surface area contributed by atoms with E-state index in [1.54, 1.807) is 24.3 Å². The van der Waals surface area contributed by atoms with Crippen LogP contribution in [0.2, 0.25) is 0 Å². The first-order valence-corrected chi connectivity index (χ1v) is 12.5. The summed E-state index contributed by atoms with van der Waals surface area (Å²) in [6.07, 6.45) is 1.61. The molecule has 0 spiro atoms. The van der Waals surface area contributed by atoms with E-state index in [-0.39, 0.29) is 11.9 Å². The van der Waals surface area contributed by atoms with Crippen molar-refractivity contribution < 1.29 is 22.7 Å². The summed E-state index contributed by atoms with van der Waals surface area (Å²) < 4.78 is 36.6. The van der Waals surface area contributed by atoms with Crippen LogP contribution < -0.4 is 19.1 Å². The lowest BCUT2D eigenvalue weighted by Gasteiger charge is -2.38. The van der Waals surface area contributed by atoms with Crippen molar-refractivity contribution in [3.63, 3.8) is 0 Å². The fourth-order valence-corrected chi connectivity index (χ4v) is 4.28. The van der Waals surface area contributed by atoms with Crippen molar-refractivity contribution in [2.24, 2.45) is 0 Å². The van der Waals surface area contributed by atoms with Crippen molar-refractivity contribution in [2.45, 2.75) is 58.3 Å². The van der Waals surface area contributed by atoms with E-state index in [0.717, 1.165) is 23.1 Å². The van der Waals surface area contributed by atoms with Crippen LogP contribution in [0.3, 0.4) is 0 Å². The molecule has 0 bridgehead atoms. The Balaban J connectivity index is 1.74. The predicted octanol–water partition coefficient (Wildman–Crippen LogP) is 3.97. The first-order chi connectivity index (χ1) is 14.9. The van der Waals surface area contributed by atoms with E-state index < -0.39 is 21.7 Å². The molecule has 0 aliphatic carbocycles. The normalized spacial score (nSPS) is 18.1. The average Bonchev–Trinajstić information content (AvgIpc) is 2.71. The predicted molar refractivity (Wildman–Crippen MR) is 126 cm³/mol. The second-order valence-corrected chi connectivity index (χ2v) is 10.9.